The van der Waals surface area contributed by atoms with Crippen LogP contribution >= 0.6 is 24.8 Å². The van der Waals surface area contributed by atoms with E-state index in [-0.39, 0.29) is 30.7 Å². The number of fused-ring (bicyclic) bond motifs is 1. The van der Waals surface area contributed by atoms with Crippen LogP contribution in [0, 0.1) is 5.92 Å². The maximum atomic E-state index is 12.8. The molecule has 2 N–H and O–H groups in total. The molecule has 0 atom stereocenters. The van der Waals surface area contributed by atoms with Crippen LogP contribution in [-0.4, -0.2) is 45.0 Å². The highest BCUT2D eigenvalue weighted by Gasteiger charge is 2.23. The van der Waals surface area contributed by atoms with Crippen molar-refractivity contribution in [3.8, 4) is 0 Å². The van der Waals surface area contributed by atoms with Gasteiger partial charge < -0.3 is 15.2 Å². The monoisotopic (exact) mass is 435 g/mol. The Bertz CT molecular complexity index is 923. The van der Waals surface area contributed by atoms with E-state index in [0.29, 0.717) is 18.0 Å². The summed E-state index contributed by atoms with van der Waals surface area (Å²) in [5.74, 6) is 0.577. The van der Waals surface area contributed by atoms with Crippen molar-refractivity contribution in [1.29, 1.82) is 0 Å². The van der Waals surface area contributed by atoms with Crippen molar-refractivity contribution in [2.24, 2.45) is 11.7 Å². The number of piperidine rings is 1. The SMILES string of the molecule is Cl.Cl.NCC1CCN(C(=O)c2cnc3c(c2)ncn3CCc2ccccc2)CC1. The van der Waals surface area contributed by atoms with Crippen LogP contribution in [0.25, 0.3) is 11.2 Å². The Morgan fingerprint density at radius 2 is 1.83 bits per heavy atom. The first-order valence-electron chi connectivity index (χ1n) is 9.59. The summed E-state index contributed by atoms with van der Waals surface area (Å²) in [6, 6.07) is 12.2. The van der Waals surface area contributed by atoms with Crippen LogP contribution in [-0.2, 0) is 13.0 Å². The molecule has 1 fully saturated rings. The van der Waals surface area contributed by atoms with Gasteiger partial charge in [-0.25, -0.2) is 9.97 Å². The minimum Gasteiger partial charge on any atom is -0.339 e. The Morgan fingerprint density at radius 3 is 2.52 bits per heavy atom. The Labute approximate surface area is 183 Å². The van der Waals surface area contributed by atoms with Crippen molar-refractivity contribution < 1.29 is 4.79 Å². The maximum Gasteiger partial charge on any atom is 0.255 e. The zero-order chi connectivity index (χ0) is 18.6. The van der Waals surface area contributed by atoms with Crippen LogP contribution in [0.1, 0.15) is 28.8 Å². The molecule has 0 bridgehead atoms. The molecule has 1 saturated heterocycles. The summed E-state index contributed by atoms with van der Waals surface area (Å²) >= 11 is 0. The fraction of sp³-hybridized carbons (Fsp3) is 0.381. The number of carbonyl (C=O) groups excluding carboxylic acids is 1. The summed E-state index contributed by atoms with van der Waals surface area (Å²) < 4.78 is 2.04. The molecule has 29 heavy (non-hydrogen) atoms. The second-order valence-corrected chi connectivity index (χ2v) is 7.21. The van der Waals surface area contributed by atoms with Gasteiger partial charge in [-0.1, -0.05) is 30.3 Å². The summed E-state index contributed by atoms with van der Waals surface area (Å²) in [5.41, 5.74) is 9.23. The van der Waals surface area contributed by atoms with Gasteiger partial charge in [-0.15, -0.1) is 24.8 Å². The first-order valence-corrected chi connectivity index (χ1v) is 9.59. The summed E-state index contributed by atoms with van der Waals surface area (Å²) in [6.45, 7) is 3.05. The molecule has 1 aromatic carbocycles. The number of hydrogen-bond donors (Lipinski definition) is 1. The quantitative estimate of drug-likeness (QED) is 0.666. The van der Waals surface area contributed by atoms with Gasteiger partial charge in [-0.2, -0.15) is 0 Å². The van der Waals surface area contributed by atoms with Crippen molar-refractivity contribution in [2.75, 3.05) is 19.6 Å². The molecule has 2 aromatic heterocycles. The van der Waals surface area contributed by atoms with Crippen LogP contribution in [0.3, 0.4) is 0 Å². The Hall–Kier alpha value is -2.15. The molecule has 3 heterocycles. The van der Waals surface area contributed by atoms with Gasteiger partial charge in [0.25, 0.3) is 5.91 Å². The lowest BCUT2D eigenvalue weighted by molar-refractivity contribution is 0.0693. The van der Waals surface area contributed by atoms with E-state index in [4.69, 9.17) is 5.73 Å². The van der Waals surface area contributed by atoms with Gasteiger partial charge in [-0.05, 0) is 43.4 Å². The van der Waals surface area contributed by atoms with Crippen LogP contribution in [0.2, 0.25) is 0 Å². The molecular formula is C21H27Cl2N5O. The maximum absolute atomic E-state index is 12.8. The van der Waals surface area contributed by atoms with Crippen molar-refractivity contribution in [3.05, 3.63) is 60.0 Å². The molecule has 0 radical (unpaired) electrons. The second-order valence-electron chi connectivity index (χ2n) is 7.21. The summed E-state index contributed by atoms with van der Waals surface area (Å²) in [7, 11) is 0. The van der Waals surface area contributed by atoms with Gasteiger partial charge in [0.1, 0.15) is 5.52 Å². The highest BCUT2D eigenvalue weighted by atomic mass is 35.5. The highest BCUT2D eigenvalue weighted by molar-refractivity contribution is 5.96. The largest absolute Gasteiger partial charge is 0.339 e. The number of halogens is 2. The lowest BCUT2D eigenvalue weighted by Crippen LogP contribution is -2.40. The second kappa shape index (κ2) is 10.6. The normalized spacial score (nSPS) is 14.3. The van der Waals surface area contributed by atoms with Crippen LogP contribution < -0.4 is 5.73 Å². The van der Waals surface area contributed by atoms with Gasteiger partial charge in [0.05, 0.1) is 11.9 Å². The number of nitrogens with zero attached hydrogens (tertiary/aromatic N) is 4. The number of amides is 1. The number of nitrogens with two attached hydrogens (primary N) is 1. The predicted molar refractivity (Wildman–Crippen MR) is 120 cm³/mol. The van der Waals surface area contributed by atoms with E-state index < -0.39 is 0 Å². The average Bonchev–Trinajstić information content (AvgIpc) is 3.15. The lowest BCUT2D eigenvalue weighted by atomic mass is 9.97. The van der Waals surface area contributed by atoms with E-state index in [0.717, 1.165) is 50.1 Å². The third-order valence-corrected chi connectivity index (χ3v) is 5.42. The number of carbonyl (C=O) groups is 1. The summed E-state index contributed by atoms with van der Waals surface area (Å²) in [5, 5.41) is 0. The molecule has 0 spiro atoms. The topological polar surface area (TPSA) is 77.0 Å². The van der Waals surface area contributed by atoms with Gasteiger partial charge >= 0.3 is 0 Å². The Balaban J connectivity index is 0.00000150. The Morgan fingerprint density at radius 1 is 1.10 bits per heavy atom. The van der Waals surface area contributed by atoms with E-state index in [1.807, 2.05) is 40.1 Å². The number of pyridine rings is 1. The smallest absolute Gasteiger partial charge is 0.255 e. The summed E-state index contributed by atoms with van der Waals surface area (Å²) in [4.78, 5) is 23.7. The van der Waals surface area contributed by atoms with E-state index in [1.54, 1.807) is 6.20 Å². The summed E-state index contributed by atoms with van der Waals surface area (Å²) in [6.07, 6.45) is 6.37. The molecule has 4 rings (SSSR count). The van der Waals surface area contributed by atoms with Crippen LogP contribution in [0.5, 0.6) is 0 Å². The number of aromatic nitrogens is 3. The van der Waals surface area contributed by atoms with Gasteiger partial charge in [0.15, 0.2) is 5.65 Å². The van der Waals surface area contributed by atoms with Crippen molar-refractivity contribution in [3.63, 3.8) is 0 Å². The van der Waals surface area contributed by atoms with Gasteiger partial charge in [0.2, 0.25) is 0 Å². The fourth-order valence-electron chi connectivity index (χ4n) is 3.68. The average molecular weight is 436 g/mol. The number of likely N-dealkylation sites (tertiary alicyclic amines) is 1. The third-order valence-electron chi connectivity index (χ3n) is 5.42. The number of imidazole rings is 1. The molecule has 156 valence electrons. The zero-order valence-electron chi connectivity index (χ0n) is 16.2. The molecule has 1 aliphatic heterocycles. The molecule has 0 unspecified atom stereocenters. The number of hydrogen-bond acceptors (Lipinski definition) is 4. The van der Waals surface area contributed by atoms with Crippen molar-refractivity contribution in [2.45, 2.75) is 25.8 Å². The molecule has 0 aliphatic carbocycles. The van der Waals surface area contributed by atoms with Crippen molar-refractivity contribution >= 4 is 41.9 Å². The molecular weight excluding hydrogens is 409 g/mol. The van der Waals surface area contributed by atoms with E-state index >= 15 is 0 Å². The van der Waals surface area contributed by atoms with Crippen LogP contribution in [0.4, 0.5) is 0 Å². The lowest BCUT2D eigenvalue weighted by Gasteiger charge is -2.31. The molecule has 0 saturated carbocycles. The number of rotatable bonds is 5. The third kappa shape index (κ3) is 5.26. The minimum absolute atomic E-state index is 0. The number of aryl methyl sites for hydroxylation is 2. The molecule has 6 nitrogen and oxygen atoms in total. The Kier molecular flexibility index (Phi) is 8.44. The standard InChI is InChI=1S/C21H25N5O.2ClH/c22-13-17-7-9-25(10-8-17)21(27)18-12-19-20(23-14-18)26(15-24-19)11-6-16-4-2-1-3-5-16;;/h1-5,12,14-15,17H,6-11,13,22H2;2*1H. The minimum atomic E-state index is 0. The van der Waals surface area contributed by atoms with Gasteiger partial charge in [0, 0.05) is 25.8 Å². The molecule has 8 heteroatoms. The molecule has 1 amide bonds. The van der Waals surface area contributed by atoms with E-state index in [9.17, 15) is 4.79 Å². The van der Waals surface area contributed by atoms with Gasteiger partial charge in [-0.3, -0.25) is 4.79 Å². The predicted octanol–water partition coefficient (Wildman–Crippen LogP) is 3.33. The first kappa shape index (κ1) is 23.1. The molecule has 1 aliphatic rings. The fourth-order valence-corrected chi connectivity index (χ4v) is 3.68. The first-order chi connectivity index (χ1) is 13.2. The van der Waals surface area contributed by atoms with E-state index in [2.05, 4.69) is 22.1 Å². The van der Waals surface area contributed by atoms with E-state index in [1.165, 1.54) is 5.56 Å². The molecule has 3 aromatic rings. The number of benzene rings is 1. The highest BCUT2D eigenvalue weighted by Crippen LogP contribution is 2.19. The zero-order valence-corrected chi connectivity index (χ0v) is 17.9. The van der Waals surface area contributed by atoms with Crippen molar-refractivity contribution in [1.82, 2.24) is 19.4 Å². The van der Waals surface area contributed by atoms with Crippen LogP contribution in [0.15, 0.2) is 48.9 Å².